The molecule has 1 radical (unpaired) electrons. The Kier molecular flexibility index (Phi) is 17.0. The first kappa shape index (κ1) is 12.8. The predicted molar refractivity (Wildman–Crippen MR) is 47.4 cm³/mol. The number of nitrogens with zero attached hydrogens (tertiary/aromatic N) is 1. The van der Waals surface area contributed by atoms with Gasteiger partial charge in [0.2, 0.25) is 0 Å². The Balaban J connectivity index is 0. The van der Waals surface area contributed by atoms with Crippen molar-refractivity contribution in [3.8, 4) is 0 Å². The molecular weight excluding hydrogens is 215 g/mol. The van der Waals surface area contributed by atoms with E-state index in [2.05, 4.69) is 11.8 Å². The quantitative estimate of drug-likeness (QED) is 0.647. The number of rotatable bonds is 2. The molecule has 0 saturated heterocycles. The summed E-state index contributed by atoms with van der Waals surface area (Å²) in [4.78, 5) is 2.12. The van der Waals surface area contributed by atoms with Crippen LogP contribution in [0.1, 0.15) is 6.42 Å². The molecule has 0 N–H and O–H groups in total. The van der Waals surface area contributed by atoms with Gasteiger partial charge >= 0.3 is 34.7 Å². The zero-order valence-corrected chi connectivity index (χ0v) is 10.5. The van der Waals surface area contributed by atoms with Crippen LogP contribution in [0, 0.1) is 6.92 Å². The Bertz CT molecular complexity index is 43.9. The molecule has 0 unspecified atom stereocenters. The van der Waals surface area contributed by atoms with Gasteiger partial charge in [0.15, 0.2) is 0 Å². The fourth-order valence-corrected chi connectivity index (χ4v) is 0.316. The minimum absolute atomic E-state index is 0.931. The zero-order chi connectivity index (χ0) is 7.70. The molecule has 0 atom stereocenters. The first-order valence-corrected chi connectivity index (χ1v) is 10.5. The number of hydrogen-bond donors (Lipinski definition) is 0. The monoisotopic (exact) mass is 226 g/mol. The third-order valence-corrected chi connectivity index (χ3v) is 0.605. The first-order chi connectivity index (χ1) is 4.18. The van der Waals surface area contributed by atoms with Gasteiger partial charge in [-0.1, -0.05) is 6.92 Å². The van der Waals surface area contributed by atoms with E-state index in [4.69, 9.17) is 19.3 Å². The Morgan fingerprint density at radius 3 is 1.78 bits per heavy atom. The van der Waals surface area contributed by atoms with Gasteiger partial charge in [-0.15, -0.1) is 0 Å². The molecule has 0 rings (SSSR count). The van der Waals surface area contributed by atoms with Gasteiger partial charge in [-0.25, -0.2) is 0 Å². The van der Waals surface area contributed by atoms with Crippen molar-refractivity contribution >= 4 is 34.7 Å². The Labute approximate surface area is 73.5 Å². The summed E-state index contributed by atoms with van der Waals surface area (Å²) in [6, 6.07) is 0. The van der Waals surface area contributed by atoms with E-state index in [0.717, 1.165) is 13.0 Å². The summed E-state index contributed by atoms with van der Waals surface area (Å²) in [5, 5.41) is 0. The van der Waals surface area contributed by atoms with E-state index in [0.29, 0.717) is 0 Å². The summed E-state index contributed by atoms with van der Waals surface area (Å²) in [5.74, 6) is 0. The summed E-state index contributed by atoms with van der Waals surface area (Å²) >= 11 is -0.931. The molecule has 0 aliphatic carbocycles. The van der Waals surface area contributed by atoms with E-state index in [1.54, 1.807) is 0 Å². The molecule has 0 bridgehead atoms. The average molecular weight is 228 g/mol. The summed E-state index contributed by atoms with van der Waals surface area (Å²) in [6.45, 7) is 4.78. The maximum atomic E-state index is 4.95. The molecule has 0 aliphatic heterocycles. The average Bonchev–Trinajstić information content (AvgIpc) is 1.67. The second-order valence-corrected chi connectivity index (χ2v) is 6.38. The molecule has 0 aromatic carbocycles. The van der Waals surface area contributed by atoms with Crippen molar-refractivity contribution in [2.45, 2.75) is 6.42 Å². The molecule has 0 spiro atoms. The van der Waals surface area contributed by atoms with Crippen LogP contribution in [0.15, 0.2) is 0 Å². The summed E-state index contributed by atoms with van der Waals surface area (Å²) in [7, 11) is 14.0. The SMILES string of the molecule is [CH2]CCN(C)C.[Cl][GaH][Cl]. The van der Waals surface area contributed by atoms with Gasteiger partial charge < -0.3 is 4.90 Å². The van der Waals surface area contributed by atoms with Crippen LogP contribution in [-0.2, 0) is 0 Å². The van der Waals surface area contributed by atoms with Gasteiger partial charge in [-0.2, -0.15) is 0 Å². The van der Waals surface area contributed by atoms with Crippen molar-refractivity contribution in [3.63, 3.8) is 0 Å². The van der Waals surface area contributed by atoms with Crippen LogP contribution in [0.3, 0.4) is 0 Å². The van der Waals surface area contributed by atoms with Crippen LogP contribution >= 0.6 is 19.3 Å². The van der Waals surface area contributed by atoms with Gasteiger partial charge in [-0.3, -0.25) is 0 Å². The van der Waals surface area contributed by atoms with Crippen LogP contribution < -0.4 is 0 Å². The van der Waals surface area contributed by atoms with Gasteiger partial charge in [0, 0.05) is 0 Å². The summed E-state index contributed by atoms with van der Waals surface area (Å²) < 4.78 is 0. The normalized spacial score (nSPS) is 8.22. The molecule has 0 aromatic rings. The predicted octanol–water partition coefficient (Wildman–Crippen LogP) is 1.50. The number of halogens is 2. The fraction of sp³-hybridized carbons (Fsp3) is 0.800. The van der Waals surface area contributed by atoms with Gasteiger partial charge in [0.05, 0.1) is 0 Å². The van der Waals surface area contributed by atoms with Crippen molar-refractivity contribution in [1.29, 1.82) is 0 Å². The Hall–Kier alpha value is 1.18. The van der Waals surface area contributed by atoms with Crippen molar-refractivity contribution in [2.75, 3.05) is 20.6 Å². The van der Waals surface area contributed by atoms with Crippen molar-refractivity contribution < 1.29 is 0 Å². The molecule has 1 nitrogen and oxygen atoms in total. The van der Waals surface area contributed by atoms with Crippen molar-refractivity contribution in [3.05, 3.63) is 6.92 Å². The van der Waals surface area contributed by atoms with E-state index < -0.39 is 15.4 Å². The number of hydrogen-bond acceptors (Lipinski definition) is 1. The van der Waals surface area contributed by atoms with E-state index in [1.807, 2.05) is 14.1 Å². The summed E-state index contributed by atoms with van der Waals surface area (Å²) in [6.07, 6.45) is 1.01. The molecule has 9 heavy (non-hydrogen) atoms. The van der Waals surface area contributed by atoms with Crippen LogP contribution in [0.2, 0.25) is 0 Å². The Morgan fingerprint density at radius 1 is 1.44 bits per heavy atom. The van der Waals surface area contributed by atoms with Crippen molar-refractivity contribution in [2.24, 2.45) is 0 Å². The van der Waals surface area contributed by atoms with Crippen LogP contribution in [-0.4, -0.2) is 40.9 Å². The van der Waals surface area contributed by atoms with E-state index in [-0.39, 0.29) is 0 Å². The topological polar surface area (TPSA) is 3.24 Å². The van der Waals surface area contributed by atoms with Gasteiger partial charge in [-0.05, 0) is 27.1 Å². The zero-order valence-electron chi connectivity index (χ0n) is 6.03. The van der Waals surface area contributed by atoms with Gasteiger partial charge in [0.25, 0.3) is 0 Å². The van der Waals surface area contributed by atoms with Crippen LogP contribution in [0.4, 0.5) is 0 Å². The second kappa shape index (κ2) is 11.9. The third-order valence-electron chi connectivity index (χ3n) is 0.605. The van der Waals surface area contributed by atoms with Crippen molar-refractivity contribution in [1.82, 2.24) is 4.90 Å². The molecule has 0 fully saturated rings. The third kappa shape index (κ3) is 27.1. The molecule has 0 heterocycles. The van der Waals surface area contributed by atoms with E-state index >= 15 is 0 Å². The molecule has 55 valence electrons. The van der Waals surface area contributed by atoms with Crippen LogP contribution in [0.5, 0.6) is 0 Å². The fourth-order valence-electron chi connectivity index (χ4n) is 0.316. The second-order valence-electron chi connectivity index (χ2n) is 1.76. The Morgan fingerprint density at radius 2 is 1.78 bits per heavy atom. The summed E-state index contributed by atoms with van der Waals surface area (Å²) in [5.41, 5.74) is 0. The minimum atomic E-state index is -0.931. The van der Waals surface area contributed by atoms with Crippen LogP contribution in [0.25, 0.3) is 0 Å². The molecule has 0 aliphatic rings. The molecule has 0 saturated carbocycles. The van der Waals surface area contributed by atoms with E-state index in [9.17, 15) is 0 Å². The molecule has 0 aromatic heterocycles. The van der Waals surface area contributed by atoms with E-state index in [1.165, 1.54) is 0 Å². The standard InChI is InChI=1S/C5H12N.2ClH.Ga.H/c1-4-5-6(2)3;;;;/h1,4-5H2,2-3H3;2*1H;;/q;;;+2;/p-2. The molecule has 4 heteroatoms. The molecular formula is C5H13Cl2GaN. The maximum absolute atomic E-state index is 4.95. The molecule has 0 amide bonds. The van der Waals surface area contributed by atoms with Gasteiger partial charge in [0.1, 0.15) is 0 Å². The first-order valence-electron chi connectivity index (χ1n) is 2.75.